The zero-order valence-corrected chi connectivity index (χ0v) is 18.5. The largest absolute Gasteiger partial charge is 0.388 e. The first-order valence-electron chi connectivity index (χ1n) is 10.7. The van der Waals surface area contributed by atoms with Gasteiger partial charge in [-0.2, -0.15) is 0 Å². The van der Waals surface area contributed by atoms with E-state index in [1.165, 1.54) is 24.9 Å². The third-order valence-electron chi connectivity index (χ3n) is 5.51. The first kappa shape index (κ1) is 23.9. The Hall–Kier alpha value is -2.78. The number of ether oxygens (including phenoxy) is 1. The summed E-state index contributed by atoms with van der Waals surface area (Å²) in [6, 6.07) is 14.0. The van der Waals surface area contributed by atoms with Crippen LogP contribution in [-0.4, -0.2) is 65.0 Å². The molecule has 2 amide bonds. The van der Waals surface area contributed by atoms with E-state index in [0.717, 1.165) is 50.4 Å². The summed E-state index contributed by atoms with van der Waals surface area (Å²) in [5, 5.41) is 21.4. The van der Waals surface area contributed by atoms with Crippen LogP contribution >= 0.6 is 0 Å². The average molecular weight is 442 g/mol. The van der Waals surface area contributed by atoms with Crippen molar-refractivity contribution < 1.29 is 24.6 Å². The molecule has 2 aromatic carbocycles. The quantitative estimate of drug-likeness (QED) is 0.386. The summed E-state index contributed by atoms with van der Waals surface area (Å²) in [7, 11) is 0. The number of hydroxylamine groups is 1. The molecule has 2 aromatic rings. The van der Waals surface area contributed by atoms with Gasteiger partial charge >= 0.3 is 0 Å². The van der Waals surface area contributed by atoms with Crippen molar-refractivity contribution in [1.29, 1.82) is 0 Å². The van der Waals surface area contributed by atoms with E-state index in [0.29, 0.717) is 5.56 Å². The third kappa shape index (κ3) is 6.37. The van der Waals surface area contributed by atoms with Crippen molar-refractivity contribution in [3.05, 3.63) is 59.7 Å². The summed E-state index contributed by atoms with van der Waals surface area (Å²) >= 11 is 0. The lowest BCUT2D eigenvalue weighted by Crippen LogP contribution is -2.57. The Morgan fingerprint density at radius 2 is 1.66 bits per heavy atom. The Labute approximate surface area is 188 Å². The lowest BCUT2D eigenvalue weighted by atomic mass is 9.97. The van der Waals surface area contributed by atoms with Crippen molar-refractivity contribution >= 4 is 11.8 Å². The van der Waals surface area contributed by atoms with E-state index in [4.69, 9.17) is 9.94 Å². The summed E-state index contributed by atoms with van der Waals surface area (Å²) in [6.07, 6.45) is 1.05. The molecule has 4 N–H and O–H groups in total. The van der Waals surface area contributed by atoms with Crippen LogP contribution in [0.3, 0.4) is 0 Å². The van der Waals surface area contributed by atoms with Gasteiger partial charge in [-0.1, -0.05) is 36.4 Å². The van der Waals surface area contributed by atoms with Gasteiger partial charge in [-0.15, -0.1) is 0 Å². The minimum atomic E-state index is -1.55. The Kier molecular flexibility index (Phi) is 7.98. The SMILES string of the molecule is CC(C)(O)C(NC(=O)c1ccc(-c2ccc(CN3CCCOCC3)cc2)cc1)C(=O)NO. The van der Waals surface area contributed by atoms with Gasteiger partial charge in [0.15, 0.2) is 0 Å². The van der Waals surface area contributed by atoms with Gasteiger partial charge in [-0.25, -0.2) is 5.48 Å². The smallest absolute Gasteiger partial charge is 0.268 e. The second-order valence-corrected chi connectivity index (χ2v) is 8.55. The van der Waals surface area contributed by atoms with E-state index in [-0.39, 0.29) is 0 Å². The number of hydrogen-bond acceptors (Lipinski definition) is 6. The average Bonchev–Trinajstić information content (AvgIpc) is 3.05. The standard InChI is InChI=1S/C24H31N3O5/c1-24(2,30)21(23(29)26-31)25-22(28)20-10-8-19(9-11-20)18-6-4-17(5-7-18)16-27-12-3-14-32-15-13-27/h4-11,21,30-31H,3,12-16H2,1-2H3,(H,25,28)(H,26,29). The Balaban J connectivity index is 1.64. The van der Waals surface area contributed by atoms with Crippen molar-refractivity contribution in [2.24, 2.45) is 0 Å². The number of hydrogen-bond donors (Lipinski definition) is 4. The van der Waals surface area contributed by atoms with Crippen molar-refractivity contribution in [3.8, 4) is 11.1 Å². The fourth-order valence-electron chi connectivity index (χ4n) is 3.67. The Morgan fingerprint density at radius 1 is 1.03 bits per heavy atom. The highest BCUT2D eigenvalue weighted by atomic mass is 16.5. The monoisotopic (exact) mass is 441 g/mol. The summed E-state index contributed by atoms with van der Waals surface area (Å²) in [4.78, 5) is 26.7. The molecule has 0 saturated carbocycles. The van der Waals surface area contributed by atoms with Crippen molar-refractivity contribution in [1.82, 2.24) is 15.7 Å². The molecule has 1 heterocycles. The van der Waals surface area contributed by atoms with Crippen LogP contribution in [0.1, 0.15) is 36.2 Å². The van der Waals surface area contributed by atoms with Gasteiger partial charge in [-0.05, 0) is 49.1 Å². The fourth-order valence-corrected chi connectivity index (χ4v) is 3.67. The van der Waals surface area contributed by atoms with E-state index in [2.05, 4.69) is 34.5 Å². The Morgan fingerprint density at radius 3 is 2.25 bits per heavy atom. The molecule has 1 fully saturated rings. The first-order chi connectivity index (χ1) is 15.3. The van der Waals surface area contributed by atoms with Crippen LogP contribution in [0.15, 0.2) is 48.5 Å². The lowest BCUT2D eigenvalue weighted by molar-refractivity contribution is -0.136. The molecule has 0 aromatic heterocycles. The first-order valence-corrected chi connectivity index (χ1v) is 10.7. The van der Waals surface area contributed by atoms with E-state index in [9.17, 15) is 14.7 Å². The predicted molar refractivity (Wildman–Crippen MR) is 120 cm³/mol. The second-order valence-electron chi connectivity index (χ2n) is 8.55. The van der Waals surface area contributed by atoms with Crippen LogP contribution in [-0.2, 0) is 16.1 Å². The van der Waals surface area contributed by atoms with Crippen LogP contribution in [0.25, 0.3) is 11.1 Å². The highest BCUT2D eigenvalue weighted by Crippen LogP contribution is 2.21. The number of nitrogens with zero attached hydrogens (tertiary/aromatic N) is 1. The summed E-state index contributed by atoms with van der Waals surface area (Å²) in [5.74, 6) is -1.42. The Bertz CT molecular complexity index is 899. The maximum Gasteiger partial charge on any atom is 0.268 e. The normalized spacial score (nSPS) is 16.1. The molecule has 1 atom stereocenters. The number of amides is 2. The van der Waals surface area contributed by atoms with Crippen molar-refractivity contribution in [2.75, 3.05) is 26.3 Å². The molecule has 1 unspecified atom stereocenters. The van der Waals surface area contributed by atoms with Gasteiger partial charge in [0.1, 0.15) is 6.04 Å². The van der Waals surface area contributed by atoms with Gasteiger partial charge in [0.05, 0.1) is 12.2 Å². The molecule has 3 rings (SSSR count). The van der Waals surface area contributed by atoms with Crippen LogP contribution < -0.4 is 10.8 Å². The van der Waals surface area contributed by atoms with Crippen LogP contribution in [0, 0.1) is 0 Å². The molecule has 8 nitrogen and oxygen atoms in total. The van der Waals surface area contributed by atoms with Gasteiger partial charge in [0.25, 0.3) is 11.8 Å². The maximum absolute atomic E-state index is 12.5. The molecule has 172 valence electrons. The molecule has 0 spiro atoms. The van der Waals surface area contributed by atoms with Gasteiger partial charge in [0, 0.05) is 31.8 Å². The zero-order chi connectivity index (χ0) is 23.1. The number of aliphatic hydroxyl groups is 1. The minimum Gasteiger partial charge on any atom is -0.388 e. The van der Waals surface area contributed by atoms with E-state index in [1.54, 1.807) is 12.1 Å². The molecule has 0 radical (unpaired) electrons. The molecular formula is C24H31N3O5. The molecule has 32 heavy (non-hydrogen) atoms. The van der Waals surface area contributed by atoms with E-state index < -0.39 is 23.5 Å². The maximum atomic E-state index is 12.5. The van der Waals surface area contributed by atoms with Crippen LogP contribution in [0.4, 0.5) is 0 Å². The molecule has 1 saturated heterocycles. The third-order valence-corrected chi connectivity index (χ3v) is 5.51. The summed E-state index contributed by atoms with van der Waals surface area (Å²) in [5.41, 5.74) is 3.50. The zero-order valence-electron chi connectivity index (χ0n) is 18.5. The topological polar surface area (TPSA) is 111 Å². The number of rotatable bonds is 7. The number of carbonyl (C=O) groups excluding carboxylic acids is 2. The van der Waals surface area contributed by atoms with Crippen molar-refractivity contribution in [3.63, 3.8) is 0 Å². The van der Waals surface area contributed by atoms with Gasteiger partial charge in [-0.3, -0.25) is 19.7 Å². The fraction of sp³-hybridized carbons (Fsp3) is 0.417. The summed E-state index contributed by atoms with van der Waals surface area (Å²) < 4.78 is 5.51. The van der Waals surface area contributed by atoms with Gasteiger partial charge < -0.3 is 15.2 Å². The highest BCUT2D eigenvalue weighted by molar-refractivity contribution is 5.98. The molecule has 1 aliphatic heterocycles. The second kappa shape index (κ2) is 10.7. The van der Waals surface area contributed by atoms with E-state index in [1.807, 2.05) is 12.1 Å². The molecule has 0 bridgehead atoms. The minimum absolute atomic E-state index is 0.341. The number of benzene rings is 2. The van der Waals surface area contributed by atoms with Crippen molar-refractivity contribution in [2.45, 2.75) is 38.5 Å². The molecule has 0 aliphatic carbocycles. The molecule has 8 heteroatoms. The summed E-state index contributed by atoms with van der Waals surface area (Å²) in [6.45, 7) is 7.24. The van der Waals surface area contributed by atoms with E-state index >= 15 is 0 Å². The lowest BCUT2D eigenvalue weighted by Gasteiger charge is -2.28. The predicted octanol–water partition coefficient (Wildman–Crippen LogP) is 1.95. The van der Waals surface area contributed by atoms with Gasteiger partial charge in [0.2, 0.25) is 0 Å². The van der Waals surface area contributed by atoms with Crippen LogP contribution in [0.2, 0.25) is 0 Å². The van der Waals surface area contributed by atoms with Crippen LogP contribution in [0.5, 0.6) is 0 Å². The molecular weight excluding hydrogens is 410 g/mol. The molecule has 1 aliphatic rings. The number of nitrogens with one attached hydrogen (secondary N) is 2. The highest BCUT2D eigenvalue weighted by Gasteiger charge is 2.34. The number of carbonyl (C=O) groups is 2.